The first-order valence-electron chi connectivity index (χ1n) is 0.439. The molecule has 0 saturated carbocycles. The van der Waals surface area contributed by atoms with Gasteiger partial charge in [-0.3, -0.25) is 0 Å². The van der Waals surface area contributed by atoms with E-state index in [4.69, 9.17) is 6.42 Å². The van der Waals surface area contributed by atoms with Crippen LogP contribution in [0.25, 0.3) is 0 Å². The van der Waals surface area contributed by atoms with Crippen molar-refractivity contribution < 1.29 is 0 Å². The first kappa shape index (κ1) is 8.82. The van der Waals surface area contributed by atoms with E-state index in [1.54, 1.807) is 0 Å². The quantitative estimate of drug-likeness (QED) is 0.279. The summed E-state index contributed by atoms with van der Waals surface area (Å²) in [5.74, 6) is 0. The van der Waals surface area contributed by atoms with Crippen LogP contribution in [0.2, 0.25) is 0 Å². The Hall–Kier alpha value is 0.447. The molecular weight excluding hydrogens is 66.4 g/mol. The van der Waals surface area contributed by atoms with Crippen molar-refractivity contribution in [3.63, 3.8) is 0 Å². The Morgan fingerprint density at radius 1 is 1.75 bits per heavy atom. The maximum atomic E-state index is 5.72. The molecule has 0 aliphatic carbocycles. The molecule has 4 heavy (non-hydrogen) atoms. The van der Waals surface area contributed by atoms with Crippen LogP contribution < -0.4 is 0 Å². The molecule has 0 nitrogen and oxygen atoms in total. The molecule has 1 radical (unpaired) electrons. The molecule has 0 aromatic rings. The molecule has 0 atom stereocenters. The van der Waals surface area contributed by atoms with Gasteiger partial charge in [0.05, 0.1) is 0 Å². The zero-order chi connectivity index (χ0) is 2.71. The molecule has 0 bridgehead atoms. The van der Waals surface area contributed by atoms with Crippen LogP contribution in [0.3, 0.4) is 0 Å². The average molecular weight is 67.4 g/mol. The van der Waals surface area contributed by atoms with E-state index in [2.05, 4.69) is 11.6 Å². The fraction of sp³-hybridized carbons (Fsp3) is 0. The van der Waals surface area contributed by atoms with Crippen LogP contribution in [-0.4, -0.2) is 18.9 Å². The van der Waals surface area contributed by atoms with Crippen molar-refractivity contribution in [2.24, 2.45) is 0 Å². The van der Waals surface area contributed by atoms with Crippen molar-refractivity contribution in [1.82, 2.24) is 0 Å². The maximum absolute atomic E-state index is 5.72. The molecule has 0 aromatic heterocycles. The van der Waals surface area contributed by atoms with Gasteiger partial charge in [0, 0.05) is 11.8 Å². The molecule has 0 spiro atoms. The van der Waals surface area contributed by atoms with Gasteiger partial charge >= 0.3 is 18.9 Å². The molecule has 0 amide bonds. The van der Waals surface area contributed by atoms with Gasteiger partial charge in [0.2, 0.25) is 0 Å². The van der Waals surface area contributed by atoms with E-state index in [1.165, 1.54) is 5.38 Å². The first-order chi connectivity index (χ1) is 1.41. The first-order valence-corrected chi connectivity index (χ1v) is 0.817. The van der Waals surface area contributed by atoms with Gasteiger partial charge in [-0.2, -0.15) is 0 Å². The molecular formula is C2HClLi. The van der Waals surface area contributed by atoms with E-state index in [-0.39, 0.29) is 18.9 Å². The Kier molecular flexibility index (Phi) is 21.7. The van der Waals surface area contributed by atoms with Gasteiger partial charge in [0.1, 0.15) is 0 Å². The van der Waals surface area contributed by atoms with E-state index in [0.717, 1.165) is 0 Å². The third kappa shape index (κ3) is 25.6. The van der Waals surface area contributed by atoms with Gasteiger partial charge in [0.15, 0.2) is 0 Å². The average Bonchev–Trinajstić information content (AvgIpc) is 0.918. The molecule has 0 aliphatic heterocycles. The molecule has 0 heterocycles. The zero-order valence-corrected chi connectivity index (χ0v) is 2.13. The number of rotatable bonds is 0. The summed E-state index contributed by atoms with van der Waals surface area (Å²) < 4.78 is 0. The monoisotopic (exact) mass is 67.0 g/mol. The molecule has 2 heteroatoms. The summed E-state index contributed by atoms with van der Waals surface area (Å²) in [6, 6.07) is 0. The number of halogens is 1. The summed E-state index contributed by atoms with van der Waals surface area (Å²) in [6.45, 7) is 0. The van der Waals surface area contributed by atoms with Crippen LogP contribution >= 0.6 is 11.6 Å². The van der Waals surface area contributed by atoms with Crippen molar-refractivity contribution in [3.05, 3.63) is 6.42 Å². The van der Waals surface area contributed by atoms with Crippen LogP contribution in [0.4, 0.5) is 0 Å². The van der Waals surface area contributed by atoms with Gasteiger partial charge in [-0.15, -0.1) is 0 Å². The Bertz CT molecular complexity index is 27.5. The molecule has 0 rings (SSSR count). The molecule has 0 saturated heterocycles. The predicted octanol–water partition coefficient (Wildman–Crippen LogP) is 0.124. The van der Waals surface area contributed by atoms with Crippen molar-refractivity contribution >= 4 is 30.5 Å². The fourth-order valence-corrected chi connectivity index (χ4v) is 0. The molecule has 0 fully saturated rings. The fourth-order valence-electron chi connectivity index (χ4n) is 0. The van der Waals surface area contributed by atoms with Gasteiger partial charge in [-0.1, -0.05) is 0 Å². The van der Waals surface area contributed by atoms with Crippen molar-refractivity contribution in [2.75, 3.05) is 0 Å². The van der Waals surface area contributed by atoms with Gasteiger partial charge in [-0.25, -0.2) is 0 Å². The summed E-state index contributed by atoms with van der Waals surface area (Å²) in [6.07, 6.45) is 5.72. The third-order valence-electron chi connectivity index (χ3n) is 0. The molecule has 0 N–H and O–H groups in total. The van der Waals surface area contributed by atoms with Crippen molar-refractivity contribution in [1.29, 1.82) is 0 Å². The minimum absolute atomic E-state index is 0. The second-order valence-electron chi connectivity index (χ2n) is 0.0945. The topological polar surface area (TPSA) is 0 Å². The van der Waals surface area contributed by atoms with Crippen LogP contribution in [0.5, 0.6) is 0 Å². The SMILES string of the molecule is [C]#CCl.[LiH]. The van der Waals surface area contributed by atoms with Crippen molar-refractivity contribution in [2.45, 2.75) is 0 Å². The van der Waals surface area contributed by atoms with Crippen LogP contribution in [0.1, 0.15) is 0 Å². The zero-order valence-electron chi connectivity index (χ0n) is 1.38. The van der Waals surface area contributed by atoms with E-state index >= 15 is 0 Å². The Balaban J connectivity index is 0. The summed E-state index contributed by atoms with van der Waals surface area (Å²) in [5, 5.41) is 1.47. The van der Waals surface area contributed by atoms with E-state index < -0.39 is 0 Å². The minimum atomic E-state index is 0. The second-order valence-corrected chi connectivity index (χ2v) is 0.283. The van der Waals surface area contributed by atoms with Crippen molar-refractivity contribution in [3.8, 4) is 5.38 Å². The van der Waals surface area contributed by atoms with Gasteiger partial charge in [0.25, 0.3) is 0 Å². The summed E-state index contributed by atoms with van der Waals surface area (Å²) >= 11 is 4.42. The number of hydrogen-bond acceptors (Lipinski definition) is 0. The standard InChI is InChI=1S/C2Cl.Li.H/c1-2-3;;. The third-order valence-corrected chi connectivity index (χ3v) is 0. The summed E-state index contributed by atoms with van der Waals surface area (Å²) in [7, 11) is 0. The van der Waals surface area contributed by atoms with Crippen LogP contribution in [0.15, 0.2) is 0 Å². The molecule has 0 aliphatic rings. The Morgan fingerprint density at radius 3 is 1.75 bits per heavy atom. The molecule has 0 aromatic carbocycles. The van der Waals surface area contributed by atoms with E-state index in [1.807, 2.05) is 0 Å². The predicted molar refractivity (Wildman–Crippen MR) is 20.1 cm³/mol. The molecule has 0 unspecified atom stereocenters. The van der Waals surface area contributed by atoms with Crippen LogP contribution in [0, 0.1) is 11.8 Å². The van der Waals surface area contributed by atoms with Crippen LogP contribution in [-0.2, 0) is 0 Å². The summed E-state index contributed by atoms with van der Waals surface area (Å²) in [5.41, 5.74) is 0. The van der Waals surface area contributed by atoms with E-state index in [0.29, 0.717) is 0 Å². The second kappa shape index (κ2) is 9.86. The van der Waals surface area contributed by atoms with Gasteiger partial charge in [-0.05, 0) is 11.6 Å². The van der Waals surface area contributed by atoms with Gasteiger partial charge < -0.3 is 0 Å². The molecule has 17 valence electrons. The number of hydrogen-bond donors (Lipinski definition) is 0. The van der Waals surface area contributed by atoms with E-state index in [9.17, 15) is 0 Å². The summed E-state index contributed by atoms with van der Waals surface area (Å²) in [4.78, 5) is 0. The Labute approximate surface area is 42.7 Å². The Morgan fingerprint density at radius 2 is 1.75 bits per heavy atom. The normalized spacial score (nSPS) is 2.00.